The second-order valence-electron chi connectivity index (χ2n) is 3.38. The molecule has 0 unspecified atom stereocenters. The molecule has 1 aromatic heterocycles. The van der Waals surface area contributed by atoms with E-state index < -0.39 is 5.97 Å². The Bertz CT molecular complexity index is 555. The van der Waals surface area contributed by atoms with Gasteiger partial charge in [-0.15, -0.1) is 11.3 Å². The zero-order valence-corrected chi connectivity index (χ0v) is 9.58. The number of aliphatic carboxylic acids is 1. The first-order valence-corrected chi connectivity index (χ1v) is 5.73. The van der Waals surface area contributed by atoms with Crippen molar-refractivity contribution < 1.29 is 14.3 Å². The summed E-state index contributed by atoms with van der Waals surface area (Å²) in [6.07, 6.45) is 2.64. The second-order valence-corrected chi connectivity index (χ2v) is 4.50. The second kappa shape index (κ2) is 4.93. The molecule has 0 spiro atoms. The van der Waals surface area contributed by atoms with Gasteiger partial charge in [0, 0.05) is 15.8 Å². The highest BCUT2D eigenvalue weighted by Crippen LogP contribution is 2.28. The fourth-order valence-electron chi connectivity index (χ4n) is 1.37. The summed E-state index contributed by atoms with van der Waals surface area (Å²) in [7, 11) is 0. The SMILES string of the molecule is O=C(O)C=Cc1ccc(-c2ccc(F)cc2)s1. The highest BCUT2D eigenvalue weighted by molar-refractivity contribution is 7.16. The molecule has 0 aliphatic rings. The van der Waals surface area contributed by atoms with Crippen molar-refractivity contribution in [2.24, 2.45) is 0 Å². The topological polar surface area (TPSA) is 37.3 Å². The molecule has 4 heteroatoms. The number of thiophene rings is 1. The number of rotatable bonds is 3. The van der Waals surface area contributed by atoms with Crippen LogP contribution in [0.3, 0.4) is 0 Å². The lowest BCUT2D eigenvalue weighted by Gasteiger charge is -1.95. The summed E-state index contributed by atoms with van der Waals surface area (Å²) in [6.45, 7) is 0. The van der Waals surface area contributed by atoms with Gasteiger partial charge in [-0.1, -0.05) is 12.1 Å². The Balaban J connectivity index is 2.23. The van der Waals surface area contributed by atoms with E-state index in [2.05, 4.69) is 0 Å². The van der Waals surface area contributed by atoms with Crippen LogP contribution < -0.4 is 0 Å². The number of carboxylic acids is 1. The van der Waals surface area contributed by atoms with Gasteiger partial charge in [0.25, 0.3) is 0 Å². The average molecular weight is 248 g/mol. The Labute approximate surface area is 102 Å². The van der Waals surface area contributed by atoms with Crippen LogP contribution in [0.1, 0.15) is 4.88 Å². The standard InChI is InChI=1S/C13H9FO2S/c14-10-3-1-9(2-4-10)12-7-5-11(17-12)6-8-13(15)16/h1-8H,(H,15,16). The van der Waals surface area contributed by atoms with Gasteiger partial charge in [0.05, 0.1) is 0 Å². The third kappa shape index (κ3) is 3.01. The van der Waals surface area contributed by atoms with Crippen molar-refractivity contribution >= 4 is 23.4 Å². The van der Waals surface area contributed by atoms with E-state index in [4.69, 9.17) is 5.11 Å². The summed E-state index contributed by atoms with van der Waals surface area (Å²) in [5.41, 5.74) is 0.923. The molecule has 2 rings (SSSR count). The molecule has 0 aliphatic carbocycles. The molecular weight excluding hydrogens is 239 g/mol. The summed E-state index contributed by atoms with van der Waals surface area (Å²) in [5.74, 6) is -1.24. The molecular formula is C13H9FO2S. The summed E-state index contributed by atoms with van der Waals surface area (Å²) >= 11 is 1.46. The molecule has 1 N–H and O–H groups in total. The van der Waals surface area contributed by atoms with Crippen molar-refractivity contribution in [3.8, 4) is 10.4 Å². The molecule has 0 saturated carbocycles. The van der Waals surface area contributed by atoms with Gasteiger partial charge >= 0.3 is 5.97 Å². The lowest BCUT2D eigenvalue weighted by molar-refractivity contribution is -0.131. The highest BCUT2D eigenvalue weighted by atomic mass is 32.1. The molecule has 17 heavy (non-hydrogen) atoms. The Kier molecular flexibility index (Phi) is 3.35. The molecule has 0 radical (unpaired) electrons. The fourth-order valence-corrected chi connectivity index (χ4v) is 2.28. The summed E-state index contributed by atoms with van der Waals surface area (Å²) < 4.78 is 12.7. The summed E-state index contributed by atoms with van der Waals surface area (Å²) in [4.78, 5) is 12.2. The molecule has 0 bridgehead atoms. The van der Waals surface area contributed by atoms with Gasteiger partial charge in [0.1, 0.15) is 5.82 Å². The van der Waals surface area contributed by atoms with E-state index in [0.717, 1.165) is 21.4 Å². The summed E-state index contributed by atoms with van der Waals surface area (Å²) in [5, 5.41) is 8.51. The van der Waals surface area contributed by atoms with Gasteiger partial charge in [-0.2, -0.15) is 0 Å². The molecule has 0 fully saturated rings. The quantitative estimate of drug-likeness (QED) is 0.842. The predicted octanol–water partition coefficient (Wildman–Crippen LogP) is 3.65. The molecule has 1 aromatic carbocycles. The van der Waals surface area contributed by atoms with E-state index in [-0.39, 0.29) is 5.82 Å². The number of carbonyl (C=O) groups is 1. The lowest BCUT2D eigenvalue weighted by Crippen LogP contribution is -1.84. The van der Waals surface area contributed by atoms with Crippen molar-refractivity contribution in [1.82, 2.24) is 0 Å². The van der Waals surface area contributed by atoms with Crippen LogP contribution in [0.5, 0.6) is 0 Å². The molecule has 1 heterocycles. The van der Waals surface area contributed by atoms with Crippen LogP contribution in [0, 0.1) is 5.82 Å². The van der Waals surface area contributed by atoms with E-state index in [9.17, 15) is 9.18 Å². The maximum absolute atomic E-state index is 12.7. The Morgan fingerprint density at radius 3 is 2.53 bits per heavy atom. The van der Waals surface area contributed by atoms with Crippen LogP contribution in [-0.4, -0.2) is 11.1 Å². The van der Waals surface area contributed by atoms with E-state index in [0.29, 0.717) is 0 Å². The van der Waals surface area contributed by atoms with Gasteiger partial charge in [0.2, 0.25) is 0 Å². The molecule has 0 aliphatic heterocycles. The maximum atomic E-state index is 12.7. The van der Waals surface area contributed by atoms with Crippen LogP contribution in [0.4, 0.5) is 4.39 Å². The molecule has 2 aromatic rings. The highest BCUT2D eigenvalue weighted by Gasteiger charge is 2.01. The van der Waals surface area contributed by atoms with Crippen molar-refractivity contribution in [1.29, 1.82) is 0 Å². The monoisotopic (exact) mass is 248 g/mol. The van der Waals surface area contributed by atoms with Crippen LogP contribution in [0.2, 0.25) is 0 Å². The Morgan fingerprint density at radius 2 is 1.88 bits per heavy atom. The van der Waals surface area contributed by atoms with Crippen molar-refractivity contribution in [3.63, 3.8) is 0 Å². The van der Waals surface area contributed by atoms with Gasteiger partial charge in [-0.3, -0.25) is 0 Å². The van der Waals surface area contributed by atoms with Crippen LogP contribution in [0.25, 0.3) is 16.5 Å². The molecule has 86 valence electrons. The van der Waals surface area contributed by atoms with Crippen LogP contribution >= 0.6 is 11.3 Å². The zero-order valence-electron chi connectivity index (χ0n) is 8.76. The van der Waals surface area contributed by atoms with Crippen LogP contribution in [0.15, 0.2) is 42.5 Å². The first-order chi connectivity index (χ1) is 8.15. The minimum absolute atomic E-state index is 0.267. The van der Waals surface area contributed by atoms with Gasteiger partial charge < -0.3 is 5.11 Å². The minimum atomic E-state index is -0.971. The number of benzene rings is 1. The Morgan fingerprint density at radius 1 is 1.18 bits per heavy atom. The van der Waals surface area contributed by atoms with Gasteiger partial charge in [-0.25, -0.2) is 9.18 Å². The average Bonchev–Trinajstić information content (AvgIpc) is 2.76. The fraction of sp³-hybridized carbons (Fsp3) is 0. The van der Waals surface area contributed by atoms with E-state index in [1.165, 1.54) is 23.5 Å². The number of hydrogen-bond donors (Lipinski definition) is 1. The molecule has 0 atom stereocenters. The first kappa shape index (κ1) is 11.5. The number of halogens is 1. The van der Waals surface area contributed by atoms with E-state index in [1.807, 2.05) is 12.1 Å². The normalized spacial score (nSPS) is 10.9. The number of carboxylic acid groups (broad SMARTS) is 1. The van der Waals surface area contributed by atoms with Crippen LogP contribution in [-0.2, 0) is 4.79 Å². The predicted molar refractivity (Wildman–Crippen MR) is 66.4 cm³/mol. The smallest absolute Gasteiger partial charge is 0.328 e. The van der Waals surface area contributed by atoms with Gasteiger partial charge in [0.15, 0.2) is 0 Å². The van der Waals surface area contributed by atoms with Gasteiger partial charge in [-0.05, 0) is 35.9 Å². The Hall–Kier alpha value is -1.94. The van der Waals surface area contributed by atoms with E-state index >= 15 is 0 Å². The largest absolute Gasteiger partial charge is 0.478 e. The van der Waals surface area contributed by atoms with Crippen molar-refractivity contribution in [3.05, 3.63) is 53.2 Å². The van der Waals surface area contributed by atoms with Crippen molar-refractivity contribution in [2.45, 2.75) is 0 Å². The third-order valence-electron chi connectivity index (χ3n) is 2.15. The maximum Gasteiger partial charge on any atom is 0.328 e. The molecule has 0 amide bonds. The van der Waals surface area contributed by atoms with E-state index in [1.54, 1.807) is 18.2 Å². The lowest BCUT2D eigenvalue weighted by atomic mass is 10.2. The third-order valence-corrected chi connectivity index (χ3v) is 3.25. The van der Waals surface area contributed by atoms with Crippen molar-refractivity contribution in [2.75, 3.05) is 0 Å². The zero-order chi connectivity index (χ0) is 12.3. The number of hydrogen-bond acceptors (Lipinski definition) is 2. The first-order valence-electron chi connectivity index (χ1n) is 4.92. The molecule has 2 nitrogen and oxygen atoms in total. The summed E-state index contributed by atoms with van der Waals surface area (Å²) in [6, 6.07) is 9.93. The molecule has 0 saturated heterocycles. The minimum Gasteiger partial charge on any atom is -0.478 e.